The maximum atomic E-state index is 4.30. The molecule has 1 aromatic heterocycles. The van der Waals surface area contributed by atoms with Crippen molar-refractivity contribution in [2.24, 2.45) is 18.4 Å². The second-order valence-corrected chi connectivity index (χ2v) is 6.14. The van der Waals surface area contributed by atoms with Crippen LogP contribution in [0.1, 0.15) is 45.4 Å². The van der Waals surface area contributed by atoms with E-state index in [4.69, 9.17) is 0 Å². The van der Waals surface area contributed by atoms with Crippen LogP contribution in [0.2, 0.25) is 0 Å². The van der Waals surface area contributed by atoms with Crippen molar-refractivity contribution in [1.29, 1.82) is 0 Å². The fraction of sp³-hybridized carbons (Fsp3) is 0.923. The molecule has 0 aliphatic heterocycles. The molecule has 1 aromatic rings. The number of nitrogens with one attached hydrogen (secondary N) is 1. The molecule has 0 saturated heterocycles. The Kier molecular flexibility index (Phi) is 4.00. The first-order valence-corrected chi connectivity index (χ1v) is 6.93. The number of hydrogen-bond acceptors (Lipinski definition) is 4. The number of aromatic nitrogens is 4. The van der Waals surface area contributed by atoms with Crippen LogP contribution >= 0.6 is 0 Å². The monoisotopic (exact) mass is 251 g/mol. The Hall–Kier alpha value is -0.970. The molecule has 1 N–H and O–H groups in total. The summed E-state index contributed by atoms with van der Waals surface area (Å²) >= 11 is 0. The summed E-state index contributed by atoms with van der Waals surface area (Å²) in [7, 11) is 3.86. The summed E-state index contributed by atoms with van der Waals surface area (Å²) in [5.41, 5.74) is 0.411. The van der Waals surface area contributed by atoms with Crippen LogP contribution < -0.4 is 5.32 Å². The molecule has 0 aromatic carbocycles. The van der Waals surface area contributed by atoms with Crippen LogP contribution in [0.4, 0.5) is 0 Å². The standard InChI is InChI=1S/C13H25N5/c1-13(2)8-6-5-7-10(13)11(14-3)9-12-15-17-18(4)16-12/h10-11,14H,5-9H2,1-4H3. The highest BCUT2D eigenvalue weighted by Gasteiger charge is 2.37. The van der Waals surface area contributed by atoms with Gasteiger partial charge in [-0.1, -0.05) is 26.7 Å². The lowest BCUT2D eigenvalue weighted by atomic mass is 9.65. The highest BCUT2D eigenvalue weighted by Crippen LogP contribution is 2.42. The molecule has 1 aliphatic rings. The van der Waals surface area contributed by atoms with Crippen molar-refractivity contribution in [3.05, 3.63) is 5.82 Å². The van der Waals surface area contributed by atoms with Crippen LogP contribution in [0.5, 0.6) is 0 Å². The predicted octanol–water partition coefficient (Wildman–Crippen LogP) is 1.56. The smallest absolute Gasteiger partial charge is 0.176 e. The summed E-state index contributed by atoms with van der Waals surface area (Å²) in [5, 5.41) is 15.8. The van der Waals surface area contributed by atoms with E-state index in [0.29, 0.717) is 17.4 Å². The highest BCUT2D eigenvalue weighted by atomic mass is 15.6. The number of rotatable bonds is 4. The van der Waals surface area contributed by atoms with E-state index in [1.165, 1.54) is 30.5 Å². The Balaban J connectivity index is 2.07. The topological polar surface area (TPSA) is 55.6 Å². The first-order chi connectivity index (χ1) is 8.53. The molecule has 2 atom stereocenters. The third kappa shape index (κ3) is 2.88. The zero-order valence-electron chi connectivity index (χ0n) is 12.0. The van der Waals surface area contributed by atoms with Gasteiger partial charge in [-0.3, -0.25) is 0 Å². The molecule has 0 amide bonds. The molecule has 5 heteroatoms. The maximum Gasteiger partial charge on any atom is 0.176 e. The quantitative estimate of drug-likeness (QED) is 0.882. The fourth-order valence-corrected chi connectivity index (χ4v) is 3.31. The minimum absolute atomic E-state index is 0.411. The van der Waals surface area contributed by atoms with Gasteiger partial charge in [0.15, 0.2) is 5.82 Å². The SMILES string of the molecule is CNC(Cc1nnn(C)n1)C1CCCCC1(C)C. The van der Waals surface area contributed by atoms with E-state index < -0.39 is 0 Å². The molecule has 18 heavy (non-hydrogen) atoms. The molecule has 1 heterocycles. The van der Waals surface area contributed by atoms with Crippen LogP contribution in [-0.4, -0.2) is 33.3 Å². The van der Waals surface area contributed by atoms with Crippen LogP contribution in [0, 0.1) is 11.3 Å². The molecule has 0 spiro atoms. The molecule has 102 valence electrons. The van der Waals surface area contributed by atoms with Crippen molar-refractivity contribution in [3.8, 4) is 0 Å². The van der Waals surface area contributed by atoms with Crippen molar-refractivity contribution in [2.75, 3.05) is 7.05 Å². The summed E-state index contributed by atoms with van der Waals surface area (Å²) in [6.45, 7) is 4.79. The van der Waals surface area contributed by atoms with E-state index in [2.05, 4.69) is 34.6 Å². The van der Waals surface area contributed by atoms with Crippen molar-refractivity contribution in [3.63, 3.8) is 0 Å². The molecule has 5 nitrogen and oxygen atoms in total. The van der Waals surface area contributed by atoms with E-state index in [9.17, 15) is 0 Å². The van der Waals surface area contributed by atoms with Crippen molar-refractivity contribution in [1.82, 2.24) is 25.5 Å². The number of likely N-dealkylation sites (N-methyl/N-ethyl adjacent to an activating group) is 1. The largest absolute Gasteiger partial charge is 0.316 e. The molecule has 1 aliphatic carbocycles. The third-order valence-electron chi connectivity index (χ3n) is 4.40. The summed E-state index contributed by atoms with van der Waals surface area (Å²) in [6, 6.07) is 0.449. The average molecular weight is 251 g/mol. The molecule has 2 unspecified atom stereocenters. The van der Waals surface area contributed by atoms with Gasteiger partial charge in [0.25, 0.3) is 0 Å². The van der Waals surface area contributed by atoms with Crippen molar-refractivity contribution in [2.45, 2.75) is 52.0 Å². The summed E-state index contributed by atoms with van der Waals surface area (Å²) in [5.74, 6) is 1.54. The van der Waals surface area contributed by atoms with Gasteiger partial charge < -0.3 is 5.32 Å². The van der Waals surface area contributed by atoms with Gasteiger partial charge in [0, 0.05) is 12.5 Å². The normalized spacial score (nSPS) is 25.0. The average Bonchev–Trinajstić information content (AvgIpc) is 2.72. The predicted molar refractivity (Wildman–Crippen MR) is 71.1 cm³/mol. The Labute approximate surface area is 109 Å². The second-order valence-electron chi connectivity index (χ2n) is 6.14. The van der Waals surface area contributed by atoms with Crippen LogP contribution in [0.3, 0.4) is 0 Å². The molecule has 2 rings (SSSR count). The molecule has 0 radical (unpaired) electrons. The zero-order chi connectivity index (χ0) is 13.2. The minimum atomic E-state index is 0.411. The maximum absolute atomic E-state index is 4.30. The number of tetrazole rings is 1. The van der Waals surface area contributed by atoms with E-state index >= 15 is 0 Å². The molecular formula is C13H25N5. The van der Waals surface area contributed by atoms with Gasteiger partial charge in [-0.2, -0.15) is 4.80 Å². The Morgan fingerprint density at radius 2 is 2.22 bits per heavy atom. The molecule has 0 bridgehead atoms. The van der Waals surface area contributed by atoms with Gasteiger partial charge in [-0.15, -0.1) is 10.2 Å². The highest BCUT2D eigenvalue weighted by molar-refractivity contribution is 4.94. The van der Waals surface area contributed by atoms with Crippen LogP contribution in [0.25, 0.3) is 0 Å². The fourth-order valence-electron chi connectivity index (χ4n) is 3.31. The van der Waals surface area contributed by atoms with Gasteiger partial charge in [0.1, 0.15) is 0 Å². The van der Waals surface area contributed by atoms with Crippen LogP contribution in [-0.2, 0) is 13.5 Å². The van der Waals surface area contributed by atoms with Gasteiger partial charge in [-0.05, 0) is 36.4 Å². The minimum Gasteiger partial charge on any atom is -0.316 e. The third-order valence-corrected chi connectivity index (χ3v) is 4.40. The van der Waals surface area contributed by atoms with Gasteiger partial charge in [0.05, 0.1) is 7.05 Å². The van der Waals surface area contributed by atoms with Crippen molar-refractivity contribution >= 4 is 0 Å². The zero-order valence-corrected chi connectivity index (χ0v) is 12.0. The van der Waals surface area contributed by atoms with Gasteiger partial charge in [0.2, 0.25) is 0 Å². The first-order valence-electron chi connectivity index (χ1n) is 6.93. The number of nitrogens with zero attached hydrogens (tertiary/aromatic N) is 4. The van der Waals surface area contributed by atoms with Gasteiger partial charge >= 0.3 is 0 Å². The summed E-state index contributed by atoms with van der Waals surface area (Å²) in [6.07, 6.45) is 6.21. The molecule has 1 saturated carbocycles. The number of hydrogen-bond donors (Lipinski definition) is 1. The summed E-state index contributed by atoms with van der Waals surface area (Å²) < 4.78 is 0. The van der Waals surface area contributed by atoms with E-state index in [-0.39, 0.29) is 0 Å². The number of aryl methyl sites for hydroxylation is 1. The van der Waals surface area contributed by atoms with Crippen molar-refractivity contribution < 1.29 is 0 Å². The van der Waals surface area contributed by atoms with E-state index in [0.717, 1.165) is 12.2 Å². The summed E-state index contributed by atoms with van der Waals surface area (Å²) in [4.78, 5) is 1.54. The Bertz CT molecular complexity index is 384. The Morgan fingerprint density at radius 3 is 2.78 bits per heavy atom. The van der Waals surface area contributed by atoms with Gasteiger partial charge in [-0.25, -0.2) is 0 Å². The lowest BCUT2D eigenvalue weighted by Gasteiger charge is -2.43. The molecule has 1 fully saturated rings. The molecular weight excluding hydrogens is 226 g/mol. The second kappa shape index (κ2) is 5.34. The lowest BCUT2D eigenvalue weighted by molar-refractivity contribution is 0.100. The van der Waals surface area contributed by atoms with E-state index in [1.807, 2.05) is 14.1 Å². The Morgan fingerprint density at radius 1 is 1.44 bits per heavy atom. The lowest BCUT2D eigenvalue weighted by Crippen LogP contribution is -2.44. The van der Waals surface area contributed by atoms with E-state index in [1.54, 1.807) is 0 Å². The first kappa shape index (κ1) is 13.5. The van der Waals surface area contributed by atoms with Crippen LogP contribution in [0.15, 0.2) is 0 Å².